The number of rotatable bonds is 0. The van der Waals surface area contributed by atoms with Gasteiger partial charge in [0.05, 0.1) is 11.3 Å². The van der Waals surface area contributed by atoms with Crippen LogP contribution in [0.25, 0.3) is 0 Å². The zero-order chi connectivity index (χ0) is 13.9. The first-order valence-electron chi connectivity index (χ1n) is 6.20. The van der Waals surface area contributed by atoms with Gasteiger partial charge in [0.2, 0.25) is 0 Å². The van der Waals surface area contributed by atoms with Crippen molar-refractivity contribution in [3.63, 3.8) is 0 Å². The number of carbonyl (C=O) groups excluding carboxylic acids is 2. The van der Waals surface area contributed by atoms with Crippen LogP contribution >= 0.6 is 11.6 Å². The van der Waals surface area contributed by atoms with Gasteiger partial charge in [0.1, 0.15) is 6.17 Å². The van der Waals surface area contributed by atoms with Crippen LogP contribution in [-0.2, 0) is 0 Å². The molecule has 0 bridgehead atoms. The molecule has 1 atom stereocenters. The first-order chi connectivity index (χ1) is 9.66. The molecule has 5 heteroatoms. The fourth-order valence-electron chi connectivity index (χ4n) is 2.81. The number of anilines is 1. The van der Waals surface area contributed by atoms with Crippen LogP contribution in [0.5, 0.6) is 0 Å². The lowest BCUT2D eigenvalue weighted by Gasteiger charge is -2.32. The van der Waals surface area contributed by atoms with Crippen LogP contribution < -0.4 is 10.2 Å². The van der Waals surface area contributed by atoms with Gasteiger partial charge in [0.25, 0.3) is 11.8 Å². The van der Waals surface area contributed by atoms with Crippen molar-refractivity contribution in [3.05, 3.63) is 64.2 Å². The molecule has 0 aromatic heterocycles. The second-order valence-corrected chi connectivity index (χ2v) is 5.24. The summed E-state index contributed by atoms with van der Waals surface area (Å²) in [5.74, 6) is -0.309. The van der Waals surface area contributed by atoms with E-state index in [4.69, 9.17) is 11.6 Å². The van der Waals surface area contributed by atoms with Crippen molar-refractivity contribution in [1.29, 1.82) is 0 Å². The highest BCUT2D eigenvalue weighted by Crippen LogP contribution is 2.41. The van der Waals surface area contributed by atoms with Gasteiger partial charge in [-0.3, -0.25) is 14.5 Å². The monoisotopic (exact) mass is 284 g/mol. The van der Waals surface area contributed by atoms with Gasteiger partial charge in [-0.15, -0.1) is 0 Å². The molecule has 0 aliphatic carbocycles. The number of halogens is 1. The average molecular weight is 285 g/mol. The standard InChI is InChI=1S/C15H9ClN2O2/c16-8-5-6-11-12(7-8)18-13(17-14(11)19)9-3-1-2-4-10(9)15(18)20/h1-7,13H,(H,17,19). The summed E-state index contributed by atoms with van der Waals surface area (Å²) in [5, 5.41) is 3.36. The van der Waals surface area contributed by atoms with Crippen LogP contribution in [0.3, 0.4) is 0 Å². The summed E-state index contributed by atoms with van der Waals surface area (Å²) in [4.78, 5) is 26.3. The number of carbonyl (C=O) groups is 2. The maximum Gasteiger partial charge on any atom is 0.260 e. The largest absolute Gasteiger partial charge is 0.327 e. The summed E-state index contributed by atoms with van der Waals surface area (Å²) < 4.78 is 0. The predicted octanol–water partition coefficient (Wildman–Crippen LogP) is 2.74. The molecule has 1 N–H and O–H groups in total. The smallest absolute Gasteiger partial charge is 0.260 e. The molecular formula is C15H9ClN2O2. The lowest BCUT2D eigenvalue weighted by atomic mass is 10.1. The minimum atomic E-state index is -0.447. The van der Waals surface area contributed by atoms with Gasteiger partial charge in [-0.05, 0) is 24.3 Å². The SMILES string of the molecule is O=C1NC2c3ccccc3C(=O)N2c2cc(Cl)ccc21. The third-order valence-electron chi connectivity index (χ3n) is 3.69. The second kappa shape index (κ2) is 3.84. The fraction of sp³-hybridized carbons (Fsp3) is 0.0667. The van der Waals surface area contributed by atoms with Gasteiger partial charge in [-0.2, -0.15) is 0 Å². The molecular weight excluding hydrogens is 276 g/mol. The Labute approximate surface area is 120 Å². The van der Waals surface area contributed by atoms with E-state index in [-0.39, 0.29) is 11.8 Å². The summed E-state index contributed by atoms with van der Waals surface area (Å²) in [6, 6.07) is 12.2. The maximum absolute atomic E-state index is 12.5. The lowest BCUT2D eigenvalue weighted by Crippen LogP contribution is -2.45. The highest BCUT2D eigenvalue weighted by molar-refractivity contribution is 6.31. The van der Waals surface area contributed by atoms with Crippen LogP contribution in [0.2, 0.25) is 5.02 Å². The van der Waals surface area contributed by atoms with Crippen molar-refractivity contribution in [3.8, 4) is 0 Å². The highest BCUT2D eigenvalue weighted by atomic mass is 35.5. The van der Waals surface area contributed by atoms with Crippen LogP contribution in [-0.4, -0.2) is 11.8 Å². The Hall–Kier alpha value is -2.33. The number of nitrogens with one attached hydrogen (secondary N) is 1. The molecule has 4 rings (SSSR count). The van der Waals surface area contributed by atoms with Crippen molar-refractivity contribution in [1.82, 2.24) is 5.32 Å². The fourth-order valence-corrected chi connectivity index (χ4v) is 2.97. The normalized spacial score (nSPS) is 19.2. The minimum Gasteiger partial charge on any atom is -0.327 e. The van der Waals surface area contributed by atoms with E-state index in [2.05, 4.69) is 5.32 Å². The Kier molecular flexibility index (Phi) is 2.20. The van der Waals surface area contributed by atoms with E-state index < -0.39 is 6.17 Å². The number of nitrogens with zero attached hydrogens (tertiary/aromatic N) is 1. The number of fused-ring (bicyclic) bond motifs is 5. The van der Waals surface area contributed by atoms with E-state index in [0.29, 0.717) is 21.8 Å². The summed E-state index contributed by atoms with van der Waals surface area (Å²) >= 11 is 6.00. The molecule has 2 aromatic carbocycles. The minimum absolute atomic E-state index is 0.117. The van der Waals surface area contributed by atoms with Gasteiger partial charge >= 0.3 is 0 Å². The van der Waals surface area contributed by atoms with E-state index >= 15 is 0 Å². The van der Waals surface area contributed by atoms with E-state index in [9.17, 15) is 9.59 Å². The van der Waals surface area contributed by atoms with Gasteiger partial charge in [0.15, 0.2) is 0 Å². The molecule has 2 amide bonds. The Morgan fingerprint density at radius 2 is 1.85 bits per heavy atom. The Morgan fingerprint density at radius 1 is 1.05 bits per heavy atom. The summed E-state index contributed by atoms with van der Waals surface area (Å²) in [5.41, 5.74) is 2.46. The third-order valence-corrected chi connectivity index (χ3v) is 3.93. The molecule has 2 heterocycles. The van der Waals surface area contributed by atoms with Crippen molar-refractivity contribution < 1.29 is 9.59 Å². The Morgan fingerprint density at radius 3 is 2.70 bits per heavy atom. The van der Waals surface area contributed by atoms with Crippen molar-refractivity contribution in [2.45, 2.75) is 6.17 Å². The molecule has 2 aromatic rings. The summed E-state index contributed by atoms with van der Waals surface area (Å²) in [6.07, 6.45) is -0.447. The first kappa shape index (κ1) is 11.5. The van der Waals surface area contributed by atoms with Crippen LogP contribution in [0.15, 0.2) is 42.5 Å². The maximum atomic E-state index is 12.5. The molecule has 0 saturated carbocycles. The molecule has 20 heavy (non-hydrogen) atoms. The molecule has 4 nitrogen and oxygen atoms in total. The lowest BCUT2D eigenvalue weighted by molar-refractivity contribution is 0.0912. The predicted molar refractivity (Wildman–Crippen MR) is 74.9 cm³/mol. The zero-order valence-electron chi connectivity index (χ0n) is 10.3. The van der Waals surface area contributed by atoms with Crippen LogP contribution in [0, 0.1) is 0 Å². The van der Waals surface area contributed by atoms with Gasteiger partial charge in [0, 0.05) is 16.1 Å². The van der Waals surface area contributed by atoms with E-state index in [1.807, 2.05) is 18.2 Å². The van der Waals surface area contributed by atoms with Gasteiger partial charge in [-0.1, -0.05) is 29.8 Å². The van der Waals surface area contributed by atoms with Crippen molar-refractivity contribution in [2.75, 3.05) is 4.90 Å². The molecule has 2 aliphatic heterocycles. The summed E-state index contributed by atoms with van der Waals surface area (Å²) in [7, 11) is 0. The molecule has 98 valence electrons. The van der Waals surface area contributed by atoms with E-state index in [1.165, 1.54) is 0 Å². The topological polar surface area (TPSA) is 49.4 Å². The second-order valence-electron chi connectivity index (χ2n) is 4.80. The van der Waals surface area contributed by atoms with Gasteiger partial charge < -0.3 is 5.32 Å². The number of hydrogen-bond donors (Lipinski definition) is 1. The highest BCUT2D eigenvalue weighted by Gasteiger charge is 2.43. The third kappa shape index (κ3) is 1.37. The van der Waals surface area contributed by atoms with E-state index in [1.54, 1.807) is 29.2 Å². The average Bonchev–Trinajstić information content (AvgIpc) is 2.73. The molecule has 1 unspecified atom stereocenters. The number of benzene rings is 2. The van der Waals surface area contributed by atoms with E-state index in [0.717, 1.165) is 5.56 Å². The van der Waals surface area contributed by atoms with Crippen molar-refractivity contribution in [2.24, 2.45) is 0 Å². The van der Waals surface area contributed by atoms with Crippen LogP contribution in [0.4, 0.5) is 5.69 Å². The quantitative estimate of drug-likeness (QED) is 0.809. The zero-order valence-corrected chi connectivity index (χ0v) is 11.0. The Bertz CT molecular complexity index is 772. The molecule has 0 spiro atoms. The Balaban J connectivity index is 1.97. The molecule has 0 saturated heterocycles. The van der Waals surface area contributed by atoms with Crippen molar-refractivity contribution >= 4 is 29.1 Å². The molecule has 0 radical (unpaired) electrons. The number of hydrogen-bond acceptors (Lipinski definition) is 2. The summed E-state index contributed by atoms with van der Waals surface area (Å²) in [6.45, 7) is 0. The molecule has 2 aliphatic rings. The first-order valence-corrected chi connectivity index (χ1v) is 6.57. The molecule has 0 fully saturated rings. The number of amides is 2. The van der Waals surface area contributed by atoms with Crippen LogP contribution in [0.1, 0.15) is 32.4 Å². The van der Waals surface area contributed by atoms with Gasteiger partial charge in [-0.25, -0.2) is 0 Å².